The number of carbonyl (C=O) groups is 5. The maximum absolute atomic E-state index is 13.8. The van der Waals surface area contributed by atoms with Gasteiger partial charge in [0.05, 0.1) is 41.0 Å². The summed E-state index contributed by atoms with van der Waals surface area (Å²) in [7, 11) is 3.78. The van der Waals surface area contributed by atoms with Crippen molar-refractivity contribution >= 4 is 40.8 Å². The highest BCUT2D eigenvalue weighted by atomic mass is 16.6. The molecule has 0 fully saturated rings. The molecule has 1 aliphatic carbocycles. The van der Waals surface area contributed by atoms with E-state index in [1.54, 1.807) is 41.5 Å². The maximum atomic E-state index is 13.8. The van der Waals surface area contributed by atoms with Crippen molar-refractivity contribution in [3.05, 3.63) is 46.5 Å². The van der Waals surface area contributed by atoms with E-state index in [1.807, 2.05) is 19.0 Å². The van der Waals surface area contributed by atoms with Gasteiger partial charge in [0.2, 0.25) is 17.5 Å². The van der Waals surface area contributed by atoms with Crippen molar-refractivity contribution in [2.24, 2.45) is 5.92 Å². The van der Waals surface area contributed by atoms with E-state index in [1.165, 1.54) is 24.3 Å². The van der Waals surface area contributed by atoms with E-state index in [9.17, 15) is 34.2 Å². The number of ether oxygens (including phenoxy) is 2. The van der Waals surface area contributed by atoms with Crippen molar-refractivity contribution in [3.63, 3.8) is 0 Å². The summed E-state index contributed by atoms with van der Waals surface area (Å²) in [6, 6.07) is 5.57. The molecule has 0 saturated heterocycles. The minimum Gasteiger partial charge on any atom is -0.507 e. The normalized spacial score (nSPS) is 12.8. The number of phenols is 2. The number of hydrogen-bond acceptors (Lipinski definition) is 12. The van der Waals surface area contributed by atoms with E-state index in [0.29, 0.717) is 18.8 Å². The second-order valence-corrected chi connectivity index (χ2v) is 13.6. The highest BCUT2D eigenvalue weighted by Gasteiger charge is 2.38. The number of nitrogens with one attached hydrogen (secondary N) is 3. The first-order valence-corrected chi connectivity index (χ1v) is 15.4. The number of likely N-dealkylation sites (N-methyl/N-ethyl adjacent to an activating group) is 1. The maximum Gasteiger partial charge on any atom is 0.307 e. The van der Waals surface area contributed by atoms with Gasteiger partial charge in [-0.2, -0.15) is 0 Å². The van der Waals surface area contributed by atoms with Crippen LogP contribution in [-0.2, 0) is 23.9 Å². The molecule has 256 valence electrons. The molecule has 0 aromatic heterocycles. The largest absolute Gasteiger partial charge is 0.507 e. The minimum absolute atomic E-state index is 0.0114. The Morgan fingerprint density at radius 3 is 1.53 bits per heavy atom. The molecule has 3 rings (SSSR count). The fourth-order valence-electron chi connectivity index (χ4n) is 5.03. The number of benzene rings is 2. The first-order valence-electron chi connectivity index (χ1n) is 15.4. The van der Waals surface area contributed by atoms with Gasteiger partial charge in [0.15, 0.2) is 0 Å². The second-order valence-electron chi connectivity index (χ2n) is 13.6. The van der Waals surface area contributed by atoms with E-state index in [2.05, 4.69) is 16.0 Å². The molecule has 5 N–H and O–H groups in total. The Labute approximate surface area is 275 Å². The third-order valence-electron chi connectivity index (χ3n) is 6.93. The van der Waals surface area contributed by atoms with Crippen LogP contribution >= 0.6 is 0 Å². The van der Waals surface area contributed by atoms with Gasteiger partial charge in [0.25, 0.3) is 0 Å². The molecule has 47 heavy (non-hydrogen) atoms. The average molecular weight is 655 g/mol. The Morgan fingerprint density at radius 2 is 1.13 bits per heavy atom. The van der Waals surface area contributed by atoms with E-state index in [4.69, 9.17) is 9.47 Å². The van der Waals surface area contributed by atoms with Crippen LogP contribution < -0.4 is 16.0 Å². The molecule has 13 heteroatoms. The molecular weight excluding hydrogens is 608 g/mol. The number of amides is 1. The van der Waals surface area contributed by atoms with E-state index in [0.717, 1.165) is 0 Å². The van der Waals surface area contributed by atoms with Crippen LogP contribution in [0.3, 0.4) is 0 Å². The Hall–Kier alpha value is -4.65. The fourth-order valence-corrected chi connectivity index (χ4v) is 5.03. The Kier molecular flexibility index (Phi) is 11.6. The van der Waals surface area contributed by atoms with Gasteiger partial charge in [-0.25, -0.2) is 0 Å². The molecular formula is C34H46N4O9. The molecule has 0 bridgehead atoms. The number of nitrogens with zero attached hydrogens (tertiary/aromatic N) is 1. The van der Waals surface area contributed by atoms with Gasteiger partial charge in [0.1, 0.15) is 22.7 Å². The molecule has 0 atom stereocenters. The molecule has 0 unspecified atom stereocenters. The lowest BCUT2D eigenvalue weighted by Crippen LogP contribution is -2.38. The van der Waals surface area contributed by atoms with Crippen LogP contribution in [0.25, 0.3) is 0 Å². The number of anilines is 2. The predicted molar refractivity (Wildman–Crippen MR) is 176 cm³/mol. The Balaban J connectivity index is 1.77. The standard InChI is InChI=1S/C34H46N4O9/c1-33(2,3)46-24(41)17-19(18-25(42)47-34(4,5)6)32(45)37-14-13-35-20-9-11-22(39)28-26(20)30(43)29-23(40)12-10-21(27(29)31(28)44)36-15-16-38(7)8/h9-12,19,35-36,39-40H,13-18H2,1-8H3,(H,37,45). The Morgan fingerprint density at radius 1 is 0.702 bits per heavy atom. The zero-order valence-electron chi connectivity index (χ0n) is 28.3. The van der Waals surface area contributed by atoms with Crippen LogP contribution in [0, 0.1) is 5.92 Å². The second kappa shape index (κ2) is 14.8. The van der Waals surface area contributed by atoms with Gasteiger partial charge in [-0.05, 0) is 79.9 Å². The number of esters is 2. The summed E-state index contributed by atoms with van der Waals surface area (Å²) < 4.78 is 10.7. The number of aromatic hydroxyl groups is 2. The smallest absolute Gasteiger partial charge is 0.307 e. The fraction of sp³-hybridized carbons (Fsp3) is 0.500. The molecule has 0 aliphatic heterocycles. The molecule has 2 aromatic carbocycles. The van der Waals surface area contributed by atoms with Crippen LogP contribution in [0.2, 0.25) is 0 Å². The minimum atomic E-state index is -1.06. The number of fused-ring (bicyclic) bond motifs is 2. The van der Waals surface area contributed by atoms with Crippen molar-refractivity contribution < 1.29 is 43.7 Å². The van der Waals surface area contributed by atoms with Crippen molar-refractivity contribution in [1.82, 2.24) is 10.2 Å². The number of ketones is 2. The van der Waals surface area contributed by atoms with Gasteiger partial charge in [-0.15, -0.1) is 0 Å². The van der Waals surface area contributed by atoms with Gasteiger partial charge in [0, 0.05) is 37.6 Å². The van der Waals surface area contributed by atoms with E-state index in [-0.39, 0.29) is 59.6 Å². The van der Waals surface area contributed by atoms with E-state index < -0.39 is 52.3 Å². The average Bonchev–Trinajstić information content (AvgIpc) is 2.92. The SMILES string of the molecule is CN(C)CCNc1ccc(O)c2c1C(=O)c1c(O)ccc(NCCNC(=O)C(CC(=O)OC(C)(C)C)CC(=O)OC(C)(C)C)c1C2=O. The molecule has 0 heterocycles. The molecule has 2 aromatic rings. The van der Waals surface area contributed by atoms with Crippen LogP contribution in [0.5, 0.6) is 11.5 Å². The van der Waals surface area contributed by atoms with Crippen LogP contribution in [0.4, 0.5) is 11.4 Å². The molecule has 0 spiro atoms. The molecule has 1 amide bonds. The Bertz CT molecular complexity index is 1510. The molecule has 0 saturated carbocycles. The summed E-state index contributed by atoms with van der Waals surface area (Å²) in [6.07, 6.45) is -0.681. The van der Waals surface area contributed by atoms with Crippen LogP contribution in [-0.4, -0.2) is 96.0 Å². The molecule has 13 nitrogen and oxygen atoms in total. The third-order valence-corrected chi connectivity index (χ3v) is 6.93. The molecule has 1 aliphatic rings. The zero-order chi connectivity index (χ0) is 35.3. The van der Waals surface area contributed by atoms with Gasteiger partial charge in [-0.3, -0.25) is 24.0 Å². The van der Waals surface area contributed by atoms with Crippen molar-refractivity contribution in [1.29, 1.82) is 0 Å². The molecule has 0 radical (unpaired) electrons. The lowest BCUT2D eigenvalue weighted by molar-refractivity contribution is -0.161. The third kappa shape index (κ3) is 9.92. The number of rotatable bonds is 13. The lowest BCUT2D eigenvalue weighted by atomic mass is 9.81. The van der Waals surface area contributed by atoms with Gasteiger partial charge >= 0.3 is 11.9 Å². The predicted octanol–water partition coefficient (Wildman–Crippen LogP) is 3.45. The van der Waals surface area contributed by atoms with Gasteiger partial charge < -0.3 is 40.5 Å². The topological polar surface area (TPSA) is 184 Å². The summed E-state index contributed by atoms with van der Waals surface area (Å²) in [5.74, 6) is -4.95. The quantitative estimate of drug-likeness (QED) is 0.103. The first kappa shape index (κ1) is 36.8. The van der Waals surface area contributed by atoms with Crippen LogP contribution in [0.15, 0.2) is 24.3 Å². The number of carbonyl (C=O) groups excluding carboxylic acids is 5. The zero-order valence-corrected chi connectivity index (χ0v) is 28.3. The lowest BCUT2D eigenvalue weighted by Gasteiger charge is -2.25. The van der Waals surface area contributed by atoms with Gasteiger partial charge in [-0.1, -0.05) is 0 Å². The van der Waals surface area contributed by atoms with Crippen molar-refractivity contribution in [3.8, 4) is 11.5 Å². The summed E-state index contributed by atoms with van der Waals surface area (Å²) in [4.78, 5) is 67.6. The summed E-state index contributed by atoms with van der Waals surface area (Å²) >= 11 is 0. The summed E-state index contributed by atoms with van der Waals surface area (Å²) in [5.41, 5.74) is -1.50. The van der Waals surface area contributed by atoms with Crippen molar-refractivity contribution in [2.45, 2.75) is 65.6 Å². The van der Waals surface area contributed by atoms with E-state index >= 15 is 0 Å². The van der Waals surface area contributed by atoms with Crippen LogP contribution in [0.1, 0.15) is 86.2 Å². The number of phenolic OH excluding ortho intramolecular Hbond substituents is 2. The number of hydrogen-bond donors (Lipinski definition) is 5. The first-order chi connectivity index (χ1) is 21.8. The highest BCUT2D eigenvalue weighted by Crippen LogP contribution is 2.42. The monoisotopic (exact) mass is 654 g/mol. The summed E-state index contributed by atoms with van der Waals surface area (Å²) in [6.45, 7) is 11.4. The van der Waals surface area contributed by atoms with Crippen molar-refractivity contribution in [2.75, 3.05) is 50.9 Å². The summed E-state index contributed by atoms with van der Waals surface area (Å²) in [5, 5.41) is 30.2. The highest BCUT2D eigenvalue weighted by molar-refractivity contribution is 6.33.